The van der Waals surface area contributed by atoms with Crippen LogP contribution in [-0.4, -0.2) is 75.5 Å². The van der Waals surface area contributed by atoms with Gasteiger partial charge in [-0.15, -0.1) is 0 Å². The van der Waals surface area contributed by atoms with Gasteiger partial charge in [0.05, 0.1) is 25.2 Å². The van der Waals surface area contributed by atoms with Gasteiger partial charge < -0.3 is 24.4 Å². The van der Waals surface area contributed by atoms with Crippen molar-refractivity contribution in [3.8, 4) is 11.5 Å². The quantitative estimate of drug-likeness (QED) is 0.218. The summed E-state index contributed by atoms with van der Waals surface area (Å²) in [4.78, 5) is 29.5. The zero-order chi connectivity index (χ0) is 33.1. The van der Waals surface area contributed by atoms with E-state index in [4.69, 9.17) is 14.2 Å². The molecule has 1 atom stereocenters. The van der Waals surface area contributed by atoms with Gasteiger partial charge >= 0.3 is 0 Å². The van der Waals surface area contributed by atoms with Crippen LogP contribution in [-0.2, 0) is 43.9 Å². The number of ether oxygens (including phenoxy) is 3. The summed E-state index contributed by atoms with van der Waals surface area (Å²) in [5, 5.41) is 3.02. The molecule has 4 aromatic carbocycles. The summed E-state index contributed by atoms with van der Waals surface area (Å²) in [6, 6.07) is 31.6. The fraction of sp³-hybridized carbons (Fsp3) is 0.278. The first kappa shape index (κ1) is 33.6. The zero-order valence-electron chi connectivity index (χ0n) is 26.3. The van der Waals surface area contributed by atoms with Crippen LogP contribution in [0.1, 0.15) is 16.7 Å². The second-order valence-corrected chi connectivity index (χ2v) is 13.0. The Labute approximate surface area is 275 Å². The second kappa shape index (κ2) is 16.2. The summed E-state index contributed by atoms with van der Waals surface area (Å²) in [5.74, 6) is 0.311. The van der Waals surface area contributed by atoms with Gasteiger partial charge in [-0.05, 0) is 53.1 Å². The molecule has 0 spiro atoms. The molecule has 47 heavy (non-hydrogen) atoms. The van der Waals surface area contributed by atoms with Crippen molar-refractivity contribution >= 4 is 21.8 Å². The third-order valence-electron chi connectivity index (χ3n) is 7.89. The van der Waals surface area contributed by atoms with E-state index in [1.54, 1.807) is 7.11 Å². The fourth-order valence-corrected chi connectivity index (χ4v) is 6.66. The highest BCUT2D eigenvalue weighted by molar-refractivity contribution is 7.89. The lowest BCUT2D eigenvalue weighted by molar-refractivity contribution is -0.142. The van der Waals surface area contributed by atoms with Crippen molar-refractivity contribution in [1.82, 2.24) is 14.5 Å². The van der Waals surface area contributed by atoms with Gasteiger partial charge in [-0.3, -0.25) is 9.59 Å². The Morgan fingerprint density at radius 2 is 1.40 bits per heavy atom. The van der Waals surface area contributed by atoms with Gasteiger partial charge in [0.25, 0.3) is 5.91 Å². The Morgan fingerprint density at radius 1 is 0.809 bits per heavy atom. The van der Waals surface area contributed by atoms with E-state index in [1.807, 2.05) is 84.9 Å². The first-order valence-corrected chi connectivity index (χ1v) is 16.9. The molecular formula is C36H39N3O7S. The van der Waals surface area contributed by atoms with E-state index in [0.717, 1.165) is 16.7 Å². The first-order valence-electron chi connectivity index (χ1n) is 15.4. The van der Waals surface area contributed by atoms with Crippen LogP contribution in [0.25, 0.3) is 0 Å². The van der Waals surface area contributed by atoms with E-state index in [0.29, 0.717) is 44.3 Å². The average molecular weight is 658 g/mol. The third kappa shape index (κ3) is 9.19. The number of hydrogen-bond acceptors (Lipinski definition) is 7. The molecule has 1 heterocycles. The molecule has 1 aliphatic heterocycles. The molecule has 0 radical (unpaired) electrons. The van der Waals surface area contributed by atoms with Gasteiger partial charge in [-0.25, -0.2) is 8.42 Å². The fourth-order valence-electron chi connectivity index (χ4n) is 5.26. The summed E-state index contributed by atoms with van der Waals surface area (Å²) < 4.78 is 43.9. The number of hydrogen-bond donors (Lipinski definition) is 1. The smallest absolute Gasteiger partial charge is 0.261 e. The Hall–Kier alpha value is -4.71. The molecule has 1 fully saturated rings. The molecule has 0 bridgehead atoms. The number of morpholine rings is 1. The van der Waals surface area contributed by atoms with Crippen LogP contribution in [0, 0.1) is 0 Å². The van der Waals surface area contributed by atoms with Crippen molar-refractivity contribution in [2.45, 2.75) is 30.4 Å². The molecular weight excluding hydrogens is 618 g/mol. The van der Waals surface area contributed by atoms with E-state index in [-0.39, 0.29) is 30.4 Å². The van der Waals surface area contributed by atoms with E-state index >= 15 is 0 Å². The molecule has 0 aromatic heterocycles. The molecule has 10 nitrogen and oxygen atoms in total. The van der Waals surface area contributed by atoms with E-state index in [2.05, 4.69) is 5.32 Å². The number of methoxy groups -OCH3 is 1. The largest absolute Gasteiger partial charge is 0.497 e. The van der Waals surface area contributed by atoms with Crippen molar-refractivity contribution in [1.29, 1.82) is 0 Å². The van der Waals surface area contributed by atoms with Crippen molar-refractivity contribution in [2.24, 2.45) is 0 Å². The van der Waals surface area contributed by atoms with E-state index < -0.39 is 22.0 Å². The third-order valence-corrected chi connectivity index (χ3v) is 9.80. The Balaban J connectivity index is 1.36. The number of nitrogens with zero attached hydrogens (tertiary/aromatic N) is 2. The predicted molar refractivity (Wildman–Crippen MR) is 177 cm³/mol. The minimum absolute atomic E-state index is 0.136. The molecule has 0 saturated carbocycles. The Kier molecular flexibility index (Phi) is 11.6. The van der Waals surface area contributed by atoms with Crippen molar-refractivity contribution < 1.29 is 32.2 Å². The number of benzene rings is 4. The number of amides is 2. The molecule has 11 heteroatoms. The molecule has 5 rings (SSSR count). The zero-order valence-corrected chi connectivity index (χ0v) is 27.1. The molecule has 2 amide bonds. The maximum absolute atomic E-state index is 14.0. The molecule has 1 saturated heterocycles. The maximum atomic E-state index is 14.0. The van der Waals surface area contributed by atoms with Gasteiger partial charge in [-0.2, -0.15) is 4.31 Å². The molecule has 4 aromatic rings. The topological polar surface area (TPSA) is 114 Å². The lowest BCUT2D eigenvalue weighted by Crippen LogP contribution is -2.51. The highest BCUT2D eigenvalue weighted by Crippen LogP contribution is 2.22. The molecule has 246 valence electrons. The summed E-state index contributed by atoms with van der Waals surface area (Å²) >= 11 is 0. The van der Waals surface area contributed by atoms with Gasteiger partial charge in [0.15, 0.2) is 6.61 Å². The van der Waals surface area contributed by atoms with E-state index in [9.17, 15) is 18.0 Å². The normalized spacial score (nSPS) is 14.1. The standard InChI is InChI=1S/C36H39N3O7S/c1-44-31-14-12-30(13-15-31)26-39(34(24-28-8-4-2-5-9-28)36(41)37-25-29-10-6-3-7-11-29)35(40)27-46-32-16-18-33(19-17-32)47(42,43)38-20-22-45-23-21-38/h2-19,34H,20-27H2,1H3,(H,37,41)/t34-/m1/s1. The first-order chi connectivity index (χ1) is 22.8. The Bertz CT molecular complexity index is 1700. The lowest BCUT2D eigenvalue weighted by atomic mass is 10.0. The lowest BCUT2D eigenvalue weighted by Gasteiger charge is -2.31. The maximum Gasteiger partial charge on any atom is 0.261 e. The summed E-state index contributed by atoms with van der Waals surface area (Å²) in [6.45, 7) is 1.40. The highest BCUT2D eigenvalue weighted by atomic mass is 32.2. The van der Waals surface area contributed by atoms with Crippen LogP contribution in [0.4, 0.5) is 0 Å². The van der Waals surface area contributed by atoms with Crippen molar-refractivity contribution in [2.75, 3.05) is 40.0 Å². The van der Waals surface area contributed by atoms with Crippen LogP contribution in [0.3, 0.4) is 0 Å². The second-order valence-electron chi connectivity index (χ2n) is 11.1. The molecule has 0 unspecified atom stereocenters. The minimum Gasteiger partial charge on any atom is -0.497 e. The van der Waals surface area contributed by atoms with Crippen molar-refractivity contribution in [3.05, 3.63) is 126 Å². The molecule has 1 aliphatic rings. The summed E-state index contributed by atoms with van der Waals surface area (Å²) in [5.41, 5.74) is 2.65. The van der Waals surface area contributed by atoms with E-state index in [1.165, 1.54) is 33.5 Å². The Morgan fingerprint density at radius 3 is 2.02 bits per heavy atom. The monoisotopic (exact) mass is 657 g/mol. The average Bonchev–Trinajstić information content (AvgIpc) is 3.12. The number of nitrogens with one attached hydrogen (secondary N) is 1. The summed E-state index contributed by atoms with van der Waals surface area (Å²) in [6.07, 6.45) is 0.289. The van der Waals surface area contributed by atoms with Crippen LogP contribution in [0.2, 0.25) is 0 Å². The minimum atomic E-state index is -3.67. The summed E-state index contributed by atoms with van der Waals surface area (Å²) in [7, 11) is -2.09. The number of sulfonamides is 1. The SMILES string of the molecule is COc1ccc(CN(C(=O)COc2ccc(S(=O)(=O)N3CCOCC3)cc2)[C@H](Cc2ccccc2)C(=O)NCc2ccccc2)cc1. The van der Waals surface area contributed by atoms with Gasteiger partial charge in [0.1, 0.15) is 17.5 Å². The predicted octanol–water partition coefficient (Wildman–Crippen LogP) is 4.05. The number of carbonyl (C=O) groups is 2. The van der Waals surface area contributed by atoms with Crippen LogP contribution in [0.5, 0.6) is 11.5 Å². The van der Waals surface area contributed by atoms with Gasteiger partial charge in [-0.1, -0.05) is 72.8 Å². The van der Waals surface area contributed by atoms with Crippen molar-refractivity contribution in [3.63, 3.8) is 0 Å². The van der Waals surface area contributed by atoms with Crippen LogP contribution in [0.15, 0.2) is 114 Å². The number of carbonyl (C=O) groups excluding carboxylic acids is 2. The van der Waals surface area contributed by atoms with Gasteiger partial charge in [0.2, 0.25) is 15.9 Å². The highest BCUT2D eigenvalue weighted by Gasteiger charge is 2.31. The van der Waals surface area contributed by atoms with Crippen LogP contribution >= 0.6 is 0 Å². The van der Waals surface area contributed by atoms with Crippen LogP contribution < -0.4 is 14.8 Å². The molecule has 0 aliphatic carbocycles. The molecule has 1 N–H and O–H groups in total. The van der Waals surface area contributed by atoms with Gasteiger partial charge in [0, 0.05) is 32.6 Å². The number of rotatable bonds is 14.